The first-order valence-corrected chi connectivity index (χ1v) is 5.57. The number of rotatable bonds is 2. The summed E-state index contributed by atoms with van der Waals surface area (Å²) in [6, 6.07) is 0. The molecule has 0 aromatic rings. The molecule has 21 heavy (non-hydrogen) atoms. The summed E-state index contributed by atoms with van der Waals surface area (Å²) in [5, 5.41) is 0. The second-order valence-electron chi connectivity index (χ2n) is 4.88. The van der Waals surface area contributed by atoms with Gasteiger partial charge in [0.2, 0.25) is 0 Å². The molecular weight excluding hydrogens is 326 g/mol. The molecule has 0 aromatic heterocycles. The largest absolute Gasteiger partial charge is 0.455 e. The maximum atomic E-state index is 14.0. The van der Waals surface area contributed by atoms with Crippen LogP contribution in [0.1, 0.15) is 26.7 Å². The third-order valence-corrected chi connectivity index (χ3v) is 3.36. The molecule has 1 saturated heterocycles. The summed E-state index contributed by atoms with van der Waals surface area (Å²) in [6.07, 6.45) is -10.6. The molecule has 0 saturated carbocycles. The Labute approximate surface area is 112 Å². The molecular formula is C10H10F10O. The molecule has 0 aliphatic carbocycles. The van der Waals surface area contributed by atoms with Crippen LogP contribution in [-0.2, 0) is 4.74 Å². The Morgan fingerprint density at radius 3 is 1.67 bits per heavy atom. The molecule has 1 rings (SSSR count). The fourth-order valence-electron chi connectivity index (χ4n) is 1.91. The molecule has 1 aliphatic heterocycles. The van der Waals surface area contributed by atoms with Crippen LogP contribution in [0.15, 0.2) is 0 Å². The van der Waals surface area contributed by atoms with Crippen LogP contribution in [0, 0.1) is 0 Å². The number of hydrogen-bond donors (Lipinski definition) is 0. The van der Waals surface area contributed by atoms with E-state index in [4.69, 9.17) is 0 Å². The third kappa shape index (κ3) is 2.27. The Bertz CT molecular complexity index is 413. The lowest BCUT2D eigenvalue weighted by Crippen LogP contribution is -2.75. The van der Waals surface area contributed by atoms with E-state index < -0.39 is 48.2 Å². The SMILES string of the molecule is CCC1(F)CC(F)(C(C)(F)F)OC(F)(C(F)(F)F)C1(F)F. The highest BCUT2D eigenvalue weighted by atomic mass is 19.4. The van der Waals surface area contributed by atoms with Crippen LogP contribution in [0.3, 0.4) is 0 Å². The molecule has 11 heteroatoms. The van der Waals surface area contributed by atoms with E-state index in [2.05, 4.69) is 4.74 Å². The number of halogens is 10. The summed E-state index contributed by atoms with van der Waals surface area (Å²) in [6.45, 7) is 0.216. The van der Waals surface area contributed by atoms with Gasteiger partial charge in [-0.2, -0.15) is 26.3 Å². The van der Waals surface area contributed by atoms with Gasteiger partial charge < -0.3 is 0 Å². The van der Waals surface area contributed by atoms with Gasteiger partial charge in [-0.25, -0.2) is 17.6 Å². The van der Waals surface area contributed by atoms with Crippen molar-refractivity contribution in [3.05, 3.63) is 0 Å². The van der Waals surface area contributed by atoms with Gasteiger partial charge in [-0.05, 0) is 6.42 Å². The first kappa shape index (κ1) is 18.3. The Kier molecular flexibility index (Phi) is 3.82. The minimum absolute atomic E-state index is 0.330. The molecule has 3 atom stereocenters. The summed E-state index contributed by atoms with van der Waals surface area (Å²) < 4.78 is 135. The molecule has 0 spiro atoms. The van der Waals surface area contributed by atoms with E-state index in [0.29, 0.717) is 6.92 Å². The fourth-order valence-corrected chi connectivity index (χ4v) is 1.91. The van der Waals surface area contributed by atoms with E-state index in [0.717, 1.165) is 0 Å². The first-order chi connectivity index (χ1) is 8.97. The minimum atomic E-state index is -6.63. The van der Waals surface area contributed by atoms with Gasteiger partial charge in [0.15, 0.2) is 5.67 Å². The molecule has 1 aliphatic rings. The maximum Gasteiger partial charge on any atom is 0.455 e. The van der Waals surface area contributed by atoms with Crippen LogP contribution in [0.5, 0.6) is 0 Å². The van der Waals surface area contributed by atoms with E-state index in [1.807, 2.05) is 0 Å². The van der Waals surface area contributed by atoms with Crippen LogP contribution >= 0.6 is 0 Å². The second-order valence-corrected chi connectivity index (χ2v) is 4.88. The summed E-state index contributed by atoms with van der Waals surface area (Å²) in [4.78, 5) is 0. The predicted molar refractivity (Wildman–Crippen MR) is 49.1 cm³/mol. The Hall–Kier alpha value is -0.740. The number of hydrogen-bond acceptors (Lipinski definition) is 1. The quantitative estimate of drug-likeness (QED) is 0.664. The molecule has 1 fully saturated rings. The molecule has 1 nitrogen and oxygen atoms in total. The topological polar surface area (TPSA) is 9.23 Å². The first-order valence-electron chi connectivity index (χ1n) is 5.57. The maximum absolute atomic E-state index is 14.0. The normalized spacial score (nSPS) is 41.1. The lowest BCUT2D eigenvalue weighted by atomic mass is 9.79. The van der Waals surface area contributed by atoms with E-state index in [1.54, 1.807) is 0 Å². The zero-order valence-electron chi connectivity index (χ0n) is 10.6. The second kappa shape index (κ2) is 4.39. The highest BCUT2D eigenvalue weighted by molar-refractivity contribution is 5.13. The predicted octanol–water partition coefficient (Wildman–Crippen LogP) is 4.71. The Balaban J connectivity index is 3.57. The van der Waals surface area contributed by atoms with Gasteiger partial charge >= 0.3 is 23.9 Å². The van der Waals surface area contributed by atoms with Crippen LogP contribution in [0.25, 0.3) is 0 Å². The summed E-state index contributed by atoms with van der Waals surface area (Å²) >= 11 is 0. The lowest BCUT2D eigenvalue weighted by molar-refractivity contribution is -0.502. The highest BCUT2D eigenvalue weighted by Crippen LogP contribution is 2.63. The van der Waals surface area contributed by atoms with Crippen molar-refractivity contribution in [3.8, 4) is 0 Å². The molecule has 126 valence electrons. The molecule has 1 heterocycles. The van der Waals surface area contributed by atoms with Gasteiger partial charge in [-0.15, -0.1) is 0 Å². The average Bonchev–Trinajstić information content (AvgIpc) is 2.23. The van der Waals surface area contributed by atoms with Crippen LogP contribution in [0.2, 0.25) is 0 Å². The van der Waals surface area contributed by atoms with Crippen LogP contribution < -0.4 is 0 Å². The van der Waals surface area contributed by atoms with Gasteiger partial charge in [-0.1, -0.05) is 6.92 Å². The fraction of sp³-hybridized carbons (Fsp3) is 1.00. The van der Waals surface area contributed by atoms with E-state index in [1.165, 1.54) is 0 Å². The van der Waals surface area contributed by atoms with Crippen molar-refractivity contribution >= 4 is 0 Å². The zero-order chi connectivity index (χ0) is 17.1. The molecule has 0 amide bonds. The molecule has 0 radical (unpaired) electrons. The lowest BCUT2D eigenvalue weighted by Gasteiger charge is -2.51. The van der Waals surface area contributed by atoms with Crippen molar-refractivity contribution in [3.63, 3.8) is 0 Å². The van der Waals surface area contributed by atoms with Gasteiger partial charge in [0.25, 0.3) is 5.85 Å². The summed E-state index contributed by atoms with van der Waals surface area (Å²) in [5.41, 5.74) is -4.51. The van der Waals surface area contributed by atoms with Crippen molar-refractivity contribution in [1.82, 2.24) is 0 Å². The van der Waals surface area contributed by atoms with E-state index in [9.17, 15) is 43.9 Å². The average molecular weight is 336 g/mol. The van der Waals surface area contributed by atoms with Crippen LogP contribution in [0.4, 0.5) is 43.9 Å². The Morgan fingerprint density at radius 1 is 0.952 bits per heavy atom. The smallest absolute Gasteiger partial charge is 0.291 e. The highest BCUT2D eigenvalue weighted by Gasteiger charge is 2.87. The van der Waals surface area contributed by atoms with Gasteiger partial charge in [0.1, 0.15) is 0 Å². The van der Waals surface area contributed by atoms with Crippen LogP contribution in [-0.4, -0.2) is 35.4 Å². The van der Waals surface area contributed by atoms with Gasteiger partial charge in [-0.3, -0.25) is 4.74 Å². The molecule has 0 bridgehead atoms. The third-order valence-electron chi connectivity index (χ3n) is 3.36. The molecule has 0 N–H and O–H groups in total. The molecule has 3 unspecified atom stereocenters. The van der Waals surface area contributed by atoms with Crippen molar-refractivity contribution in [1.29, 1.82) is 0 Å². The van der Waals surface area contributed by atoms with Crippen molar-refractivity contribution in [2.24, 2.45) is 0 Å². The standard InChI is InChI=1S/C10H10F10O/c1-3-6(13)4-7(14,5(2,11)12)21-9(17,8(6,15)16)10(18,19)20/h3-4H2,1-2H3. The minimum Gasteiger partial charge on any atom is -0.291 e. The van der Waals surface area contributed by atoms with E-state index >= 15 is 0 Å². The summed E-state index contributed by atoms with van der Waals surface area (Å²) in [7, 11) is 0. The molecule has 0 aromatic carbocycles. The number of ether oxygens (including phenoxy) is 1. The van der Waals surface area contributed by atoms with Gasteiger partial charge in [0, 0.05) is 6.92 Å². The summed E-state index contributed by atoms with van der Waals surface area (Å²) in [5.74, 6) is -21.9. The van der Waals surface area contributed by atoms with Crippen molar-refractivity contribution < 1.29 is 48.6 Å². The van der Waals surface area contributed by atoms with Crippen molar-refractivity contribution in [2.45, 2.75) is 62.1 Å². The zero-order valence-corrected chi connectivity index (χ0v) is 10.6. The Morgan fingerprint density at radius 2 is 1.38 bits per heavy atom. The monoisotopic (exact) mass is 336 g/mol. The number of alkyl halides is 10. The van der Waals surface area contributed by atoms with Gasteiger partial charge in [0.05, 0.1) is 6.42 Å². The van der Waals surface area contributed by atoms with E-state index in [-0.39, 0.29) is 6.92 Å². The van der Waals surface area contributed by atoms with Crippen molar-refractivity contribution in [2.75, 3.05) is 0 Å².